The largest absolute Gasteiger partial charge is 0.433 e. The lowest BCUT2D eigenvalue weighted by Gasteiger charge is -2.26. The molecule has 3 nitrogen and oxygen atoms in total. The summed E-state index contributed by atoms with van der Waals surface area (Å²) in [6.45, 7) is 5.98. The van der Waals surface area contributed by atoms with Crippen molar-refractivity contribution in [3.05, 3.63) is 66.3 Å². The van der Waals surface area contributed by atoms with Crippen LogP contribution in [-0.4, -0.2) is 23.6 Å². The van der Waals surface area contributed by atoms with Gasteiger partial charge in [0, 0.05) is 18.7 Å². The number of hydrogen-bond acceptors (Lipinski definition) is 2. The number of pyridine rings is 1. The number of amides is 1. The van der Waals surface area contributed by atoms with Gasteiger partial charge in [-0.1, -0.05) is 25.3 Å². The Morgan fingerprint density at radius 1 is 1.23 bits per heavy atom. The van der Waals surface area contributed by atoms with Gasteiger partial charge in [-0.05, 0) is 37.0 Å². The van der Waals surface area contributed by atoms with Gasteiger partial charge in [0.05, 0.1) is 11.0 Å². The highest BCUT2D eigenvalue weighted by Crippen LogP contribution is 2.62. The molecule has 10 heteroatoms. The second-order valence-corrected chi connectivity index (χ2v) is 7.08. The number of allylic oxidation sites excluding steroid dienone is 2. The Morgan fingerprint density at radius 2 is 1.87 bits per heavy atom. The molecule has 1 aromatic rings. The highest BCUT2D eigenvalue weighted by atomic mass is 19.4. The van der Waals surface area contributed by atoms with Crippen molar-refractivity contribution in [1.82, 2.24) is 10.3 Å². The topological polar surface area (TPSA) is 42.0 Å². The summed E-state index contributed by atoms with van der Waals surface area (Å²) in [5.74, 6) is -2.97. The van der Waals surface area contributed by atoms with Gasteiger partial charge in [-0.3, -0.25) is 9.78 Å². The molecule has 2 rings (SSSR count). The Kier molecular flexibility index (Phi) is 6.78. The molecule has 1 saturated carbocycles. The molecule has 0 aliphatic heterocycles. The van der Waals surface area contributed by atoms with Crippen LogP contribution < -0.4 is 5.32 Å². The van der Waals surface area contributed by atoms with Crippen LogP contribution in [0.25, 0.3) is 0 Å². The molecule has 1 fully saturated rings. The summed E-state index contributed by atoms with van der Waals surface area (Å²) in [6.07, 6.45) is -6.82. The van der Waals surface area contributed by atoms with E-state index in [-0.39, 0.29) is 24.9 Å². The quantitative estimate of drug-likeness (QED) is 0.326. The first-order chi connectivity index (χ1) is 13.8. The molecule has 1 aliphatic carbocycles. The van der Waals surface area contributed by atoms with Crippen molar-refractivity contribution in [2.45, 2.75) is 37.5 Å². The highest BCUT2D eigenvalue weighted by Gasteiger charge is 2.63. The summed E-state index contributed by atoms with van der Waals surface area (Å²) in [5.41, 5.74) is -3.50. The molecule has 0 spiro atoms. The lowest BCUT2D eigenvalue weighted by molar-refractivity contribution is -0.190. The Bertz CT molecular complexity index is 834. The van der Waals surface area contributed by atoms with Crippen molar-refractivity contribution in [3.63, 3.8) is 0 Å². The Balaban J connectivity index is 2.26. The van der Waals surface area contributed by atoms with Gasteiger partial charge in [-0.2, -0.15) is 26.3 Å². The van der Waals surface area contributed by atoms with Crippen molar-refractivity contribution in [2.24, 2.45) is 5.41 Å². The number of carbonyl (C=O) groups is 1. The average molecular weight is 436 g/mol. The van der Waals surface area contributed by atoms with Crippen molar-refractivity contribution in [3.8, 4) is 0 Å². The Hall–Kier alpha value is -2.65. The van der Waals surface area contributed by atoms with Crippen LogP contribution in [0.1, 0.15) is 36.4 Å². The van der Waals surface area contributed by atoms with Crippen molar-refractivity contribution in [1.29, 1.82) is 0 Å². The molecule has 1 aliphatic rings. The monoisotopic (exact) mass is 436 g/mol. The molecule has 1 amide bonds. The number of carbonyl (C=O) groups excluding carboxylic acids is 1. The third-order valence-corrected chi connectivity index (χ3v) is 4.97. The van der Waals surface area contributed by atoms with E-state index in [0.717, 1.165) is 24.4 Å². The van der Waals surface area contributed by atoms with E-state index in [4.69, 9.17) is 0 Å². The van der Waals surface area contributed by atoms with Gasteiger partial charge in [0.25, 0.3) is 5.91 Å². The Labute approximate surface area is 168 Å². The molecular weight excluding hydrogens is 417 g/mol. The summed E-state index contributed by atoms with van der Waals surface area (Å²) in [6, 6.07) is 1.71. The van der Waals surface area contributed by atoms with Crippen LogP contribution in [0.5, 0.6) is 0 Å². The summed E-state index contributed by atoms with van der Waals surface area (Å²) < 4.78 is 91.8. The van der Waals surface area contributed by atoms with Crippen LogP contribution in [0.15, 0.2) is 55.0 Å². The molecule has 1 unspecified atom stereocenters. The molecule has 1 N–H and O–H groups in total. The maximum atomic E-state index is 13.4. The summed E-state index contributed by atoms with van der Waals surface area (Å²) in [7, 11) is 0. The first-order valence-corrected chi connectivity index (χ1v) is 8.86. The maximum absolute atomic E-state index is 13.4. The van der Waals surface area contributed by atoms with E-state index in [9.17, 15) is 35.5 Å². The van der Waals surface area contributed by atoms with Gasteiger partial charge in [-0.25, -0.2) is 4.39 Å². The number of hydrogen-bond donors (Lipinski definition) is 1. The third-order valence-electron chi connectivity index (χ3n) is 4.97. The lowest BCUT2D eigenvalue weighted by Crippen LogP contribution is -2.33. The number of alkyl halides is 6. The zero-order chi connectivity index (χ0) is 22.7. The van der Waals surface area contributed by atoms with Crippen LogP contribution in [0.4, 0.5) is 30.7 Å². The van der Waals surface area contributed by atoms with Crippen LogP contribution >= 0.6 is 0 Å². The highest BCUT2D eigenvalue weighted by molar-refractivity contribution is 5.97. The van der Waals surface area contributed by atoms with Gasteiger partial charge in [-0.15, -0.1) is 0 Å². The average Bonchev–Trinajstić information content (AvgIpc) is 3.43. The van der Waals surface area contributed by atoms with Crippen LogP contribution in [-0.2, 0) is 11.0 Å². The molecule has 30 heavy (non-hydrogen) atoms. The third kappa shape index (κ3) is 5.48. The molecule has 1 atom stereocenters. The minimum atomic E-state index is -4.70. The van der Waals surface area contributed by atoms with E-state index in [0.29, 0.717) is 6.07 Å². The lowest BCUT2D eigenvalue weighted by atomic mass is 9.86. The molecule has 0 aromatic carbocycles. The van der Waals surface area contributed by atoms with Crippen LogP contribution in [0.2, 0.25) is 0 Å². The fourth-order valence-electron chi connectivity index (χ4n) is 3.07. The SMILES string of the molecule is C=C/C=C(\C(=C)F)C(=O)NCC(CC1(C(F)(F)F)CC1)c1ccc(C(F)(F)F)nc1. The fourth-order valence-corrected chi connectivity index (χ4v) is 3.07. The van der Waals surface area contributed by atoms with E-state index in [1.807, 2.05) is 0 Å². The van der Waals surface area contributed by atoms with Crippen molar-refractivity contribution < 1.29 is 35.5 Å². The number of nitrogens with zero attached hydrogens (tertiary/aromatic N) is 1. The number of rotatable bonds is 8. The number of halogens is 7. The molecule has 0 bridgehead atoms. The van der Waals surface area contributed by atoms with E-state index >= 15 is 0 Å². The summed E-state index contributed by atoms with van der Waals surface area (Å²) in [5, 5.41) is 2.32. The van der Waals surface area contributed by atoms with Crippen molar-refractivity contribution in [2.75, 3.05) is 6.54 Å². The van der Waals surface area contributed by atoms with Gasteiger partial charge in [0.15, 0.2) is 0 Å². The van der Waals surface area contributed by atoms with E-state index < -0.39 is 53.1 Å². The van der Waals surface area contributed by atoms with Gasteiger partial charge < -0.3 is 5.32 Å². The van der Waals surface area contributed by atoms with E-state index in [1.54, 1.807) is 0 Å². The van der Waals surface area contributed by atoms with Gasteiger partial charge in [0.1, 0.15) is 11.5 Å². The first kappa shape index (κ1) is 23.6. The number of aromatic nitrogens is 1. The molecule has 1 aromatic heterocycles. The molecular formula is C20H19F7N2O. The van der Waals surface area contributed by atoms with E-state index in [2.05, 4.69) is 23.5 Å². The zero-order valence-corrected chi connectivity index (χ0v) is 15.7. The van der Waals surface area contributed by atoms with Gasteiger partial charge in [0.2, 0.25) is 0 Å². The smallest absolute Gasteiger partial charge is 0.351 e. The van der Waals surface area contributed by atoms with E-state index in [1.165, 1.54) is 0 Å². The summed E-state index contributed by atoms with van der Waals surface area (Å²) >= 11 is 0. The minimum absolute atomic E-state index is 0.104. The molecule has 0 radical (unpaired) electrons. The van der Waals surface area contributed by atoms with Gasteiger partial charge >= 0.3 is 12.4 Å². The molecule has 1 heterocycles. The van der Waals surface area contributed by atoms with Crippen LogP contribution in [0.3, 0.4) is 0 Å². The normalized spacial score (nSPS) is 17.2. The minimum Gasteiger partial charge on any atom is -0.351 e. The Morgan fingerprint density at radius 3 is 2.27 bits per heavy atom. The maximum Gasteiger partial charge on any atom is 0.433 e. The predicted molar refractivity (Wildman–Crippen MR) is 95.9 cm³/mol. The standard InChI is InChI=1S/C20H19F7N2O/c1-3-4-15(12(2)21)17(30)29-11-14(9-18(7-8-18)20(25,26)27)13-5-6-16(28-10-13)19(22,23)24/h3-6,10,14H,1-2,7-9,11H2,(H,29,30)/b15-4+. The molecule has 164 valence electrons. The molecule has 0 saturated heterocycles. The first-order valence-electron chi connectivity index (χ1n) is 8.86. The van der Waals surface area contributed by atoms with Crippen molar-refractivity contribution >= 4 is 5.91 Å². The second kappa shape index (κ2) is 8.61. The second-order valence-electron chi connectivity index (χ2n) is 7.08. The zero-order valence-electron chi connectivity index (χ0n) is 15.7. The van der Waals surface area contributed by atoms with Crippen LogP contribution in [0, 0.1) is 5.41 Å². The predicted octanol–water partition coefficient (Wildman–Crippen LogP) is 5.63. The fraction of sp³-hybridized carbons (Fsp3) is 0.400. The number of nitrogens with one attached hydrogen (secondary N) is 1. The summed E-state index contributed by atoms with van der Waals surface area (Å²) in [4.78, 5) is 15.4.